The number of aromatic nitrogens is 1. The molecular formula is C11H15N3O2S. The molecular weight excluding hydrogens is 238 g/mol. The lowest BCUT2D eigenvalue weighted by atomic mass is 10.2. The van der Waals surface area contributed by atoms with Gasteiger partial charge < -0.3 is 9.64 Å². The van der Waals surface area contributed by atoms with Crippen molar-refractivity contribution in [3.8, 4) is 6.07 Å². The average molecular weight is 253 g/mol. The van der Waals surface area contributed by atoms with E-state index in [4.69, 9.17) is 10.00 Å². The number of thiazole rings is 1. The lowest BCUT2D eigenvalue weighted by Gasteiger charge is -2.21. The number of nitrogens with zero attached hydrogens (tertiary/aromatic N) is 3. The molecule has 0 saturated heterocycles. The second-order valence-corrected chi connectivity index (χ2v) is 4.39. The number of esters is 1. The molecule has 1 rings (SSSR count). The molecule has 1 atom stereocenters. The fraction of sp³-hybridized carbons (Fsp3) is 0.545. The lowest BCUT2D eigenvalue weighted by molar-refractivity contribution is 0.0520. The quantitative estimate of drug-likeness (QED) is 0.751. The first-order valence-corrected chi connectivity index (χ1v) is 6.20. The third-order valence-corrected chi connectivity index (χ3v) is 3.26. The number of nitriles is 1. The minimum absolute atomic E-state index is 0.0706. The largest absolute Gasteiger partial charge is 0.461 e. The van der Waals surface area contributed by atoms with Crippen molar-refractivity contribution in [2.45, 2.75) is 26.3 Å². The Kier molecular flexibility index (Phi) is 4.91. The van der Waals surface area contributed by atoms with Crippen LogP contribution in [0.4, 0.5) is 5.13 Å². The highest BCUT2D eigenvalue weighted by atomic mass is 32.1. The summed E-state index contributed by atoms with van der Waals surface area (Å²) in [5.74, 6) is -0.406. The molecule has 1 aromatic heterocycles. The standard InChI is InChI=1S/C11H15N3O2S/c1-4-16-10(15)9-7-17-11(13-9)14(3)8(2)5-6-12/h7-8H,4-5H2,1-3H3. The van der Waals surface area contributed by atoms with Gasteiger partial charge in [-0.25, -0.2) is 9.78 Å². The molecule has 0 fully saturated rings. The first kappa shape index (κ1) is 13.5. The zero-order chi connectivity index (χ0) is 12.8. The summed E-state index contributed by atoms with van der Waals surface area (Å²) in [6, 6.07) is 2.18. The van der Waals surface area contributed by atoms with E-state index in [1.54, 1.807) is 12.3 Å². The Bertz CT molecular complexity index is 425. The number of ether oxygens (including phenoxy) is 1. The first-order valence-electron chi connectivity index (χ1n) is 5.32. The molecule has 1 unspecified atom stereocenters. The fourth-order valence-corrected chi connectivity index (χ4v) is 2.05. The van der Waals surface area contributed by atoms with E-state index in [0.29, 0.717) is 18.7 Å². The molecule has 0 aliphatic rings. The summed E-state index contributed by atoms with van der Waals surface area (Å²) >= 11 is 1.37. The number of carbonyl (C=O) groups is 1. The molecule has 0 aliphatic heterocycles. The van der Waals surface area contributed by atoms with E-state index in [2.05, 4.69) is 11.1 Å². The van der Waals surface area contributed by atoms with E-state index in [1.165, 1.54) is 11.3 Å². The molecule has 1 aromatic rings. The highest BCUT2D eigenvalue weighted by molar-refractivity contribution is 7.13. The number of anilines is 1. The van der Waals surface area contributed by atoms with E-state index in [9.17, 15) is 4.79 Å². The van der Waals surface area contributed by atoms with Gasteiger partial charge in [-0.1, -0.05) is 0 Å². The predicted octanol–water partition coefficient (Wildman–Crippen LogP) is 2.06. The normalized spacial score (nSPS) is 11.6. The van der Waals surface area contributed by atoms with Crippen molar-refractivity contribution < 1.29 is 9.53 Å². The summed E-state index contributed by atoms with van der Waals surface area (Å²) in [4.78, 5) is 17.5. The van der Waals surface area contributed by atoms with Gasteiger partial charge in [0.05, 0.1) is 19.1 Å². The van der Waals surface area contributed by atoms with Crippen LogP contribution < -0.4 is 4.90 Å². The zero-order valence-corrected chi connectivity index (χ0v) is 11.0. The Labute approximate surface area is 105 Å². The van der Waals surface area contributed by atoms with Crippen LogP contribution in [0.15, 0.2) is 5.38 Å². The van der Waals surface area contributed by atoms with E-state index in [1.807, 2.05) is 18.9 Å². The predicted molar refractivity (Wildman–Crippen MR) is 66.2 cm³/mol. The maximum atomic E-state index is 11.4. The molecule has 92 valence electrons. The third-order valence-electron chi connectivity index (χ3n) is 2.33. The van der Waals surface area contributed by atoms with E-state index in [0.717, 1.165) is 5.13 Å². The van der Waals surface area contributed by atoms with Crippen molar-refractivity contribution in [2.24, 2.45) is 0 Å². The maximum absolute atomic E-state index is 11.4. The molecule has 17 heavy (non-hydrogen) atoms. The van der Waals surface area contributed by atoms with Crippen LogP contribution in [0.2, 0.25) is 0 Å². The smallest absolute Gasteiger partial charge is 0.357 e. The van der Waals surface area contributed by atoms with E-state index in [-0.39, 0.29) is 6.04 Å². The summed E-state index contributed by atoms with van der Waals surface area (Å²) in [6.45, 7) is 4.04. The molecule has 0 spiro atoms. The molecule has 0 aliphatic carbocycles. The summed E-state index contributed by atoms with van der Waals surface area (Å²) in [5, 5.41) is 11.0. The molecule has 5 nitrogen and oxygen atoms in total. The molecule has 0 aromatic carbocycles. The zero-order valence-electron chi connectivity index (χ0n) is 10.1. The van der Waals surface area contributed by atoms with E-state index < -0.39 is 5.97 Å². The molecule has 0 saturated carbocycles. The van der Waals surface area contributed by atoms with Gasteiger partial charge >= 0.3 is 5.97 Å². The van der Waals surface area contributed by atoms with Gasteiger partial charge in [-0.05, 0) is 13.8 Å². The monoisotopic (exact) mass is 253 g/mol. The van der Waals surface area contributed by atoms with Crippen molar-refractivity contribution in [1.29, 1.82) is 5.26 Å². The summed E-state index contributed by atoms with van der Waals surface area (Å²) in [7, 11) is 1.86. The van der Waals surface area contributed by atoms with Gasteiger partial charge in [0.15, 0.2) is 10.8 Å². The molecule has 0 bridgehead atoms. The van der Waals surface area contributed by atoms with Gasteiger partial charge in [-0.3, -0.25) is 0 Å². The Morgan fingerprint density at radius 2 is 2.47 bits per heavy atom. The lowest BCUT2D eigenvalue weighted by Crippen LogP contribution is -2.28. The Hall–Kier alpha value is -1.61. The highest BCUT2D eigenvalue weighted by Crippen LogP contribution is 2.22. The molecule has 0 amide bonds. The van der Waals surface area contributed by atoms with Gasteiger partial charge in [0.1, 0.15) is 0 Å². The third kappa shape index (κ3) is 3.43. The van der Waals surface area contributed by atoms with Crippen molar-refractivity contribution in [2.75, 3.05) is 18.6 Å². The van der Waals surface area contributed by atoms with Crippen molar-refractivity contribution in [3.63, 3.8) is 0 Å². The number of rotatable bonds is 5. The Morgan fingerprint density at radius 1 is 1.76 bits per heavy atom. The Morgan fingerprint density at radius 3 is 3.06 bits per heavy atom. The molecule has 0 radical (unpaired) electrons. The second-order valence-electron chi connectivity index (χ2n) is 3.56. The average Bonchev–Trinajstić information content (AvgIpc) is 2.78. The van der Waals surface area contributed by atoms with Gasteiger partial charge in [0, 0.05) is 18.5 Å². The molecule has 0 N–H and O–H groups in total. The van der Waals surface area contributed by atoms with Crippen LogP contribution in [0.3, 0.4) is 0 Å². The molecule has 1 heterocycles. The van der Waals surface area contributed by atoms with Crippen LogP contribution >= 0.6 is 11.3 Å². The van der Waals surface area contributed by atoms with Crippen LogP contribution in [-0.2, 0) is 4.74 Å². The van der Waals surface area contributed by atoms with Crippen LogP contribution in [0.5, 0.6) is 0 Å². The SMILES string of the molecule is CCOC(=O)c1csc(N(C)C(C)CC#N)n1. The highest BCUT2D eigenvalue weighted by Gasteiger charge is 2.16. The number of hydrogen-bond acceptors (Lipinski definition) is 6. The van der Waals surface area contributed by atoms with Crippen LogP contribution in [-0.4, -0.2) is 30.6 Å². The van der Waals surface area contributed by atoms with Gasteiger partial charge in [0.25, 0.3) is 0 Å². The van der Waals surface area contributed by atoms with Gasteiger partial charge in [0.2, 0.25) is 0 Å². The van der Waals surface area contributed by atoms with Gasteiger partial charge in [-0.15, -0.1) is 11.3 Å². The summed E-state index contributed by atoms with van der Waals surface area (Å²) < 4.78 is 4.86. The van der Waals surface area contributed by atoms with Gasteiger partial charge in [-0.2, -0.15) is 5.26 Å². The van der Waals surface area contributed by atoms with Crippen molar-refractivity contribution >= 4 is 22.4 Å². The summed E-state index contributed by atoms with van der Waals surface area (Å²) in [5.41, 5.74) is 0.322. The maximum Gasteiger partial charge on any atom is 0.357 e. The second kappa shape index (κ2) is 6.21. The van der Waals surface area contributed by atoms with Crippen molar-refractivity contribution in [1.82, 2.24) is 4.98 Å². The topological polar surface area (TPSA) is 66.2 Å². The fourth-order valence-electron chi connectivity index (χ4n) is 1.18. The number of carbonyl (C=O) groups excluding carboxylic acids is 1. The van der Waals surface area contributed by atoms with Crippen molar-refractivity contribution in [3.05, 3.63) is 11.1 Å². The van der Waals surface area contributed by atoms with Crippen LogP contribution in [0.25, 0.3) is 0 Å². The van der Waals surface area contributed by atoms with Crippen LogP contribution in [0.1, 0.15) is 30.8 Å². The Balaban J connectivity index is 2.74. The summed E-state index contributed by atoms with van der Waals surface area (Å²) in [6.07, 6.45) is 0.421. The number of hydrogen-bond donors (Lipinski definition) is 0. The van der Waals surface area contributed by atoms with Crippen LogP contribution in [0, 0.1) is 11.3 Å². The minimum Gasteiger partial charge on any atom is -0.461 e. The first-order chi connectivity index (χ1) is 8.10. The minimum atomic E-state index is -0.406. The van der Waals surface area contributed by atoms with E-state index >= 15 is 0 Å². The molecule has 6 heteroatoms.